The normalized spacial score (nSPS) is 11.6. The Bertz CT molecular complexity index is 1010. The van der Waals surface area contributed by atoms with Gasteiger partial charge in [-0.2, -0.15) is 0 Å². The smallest absolute Gasteiger partial charge is 0.261 e. The first-order chi connectivity index (χ1) is 14.9. The molecule has 0 aliphatic heterocycles. The zero-order valence-electron chi connectivity index (χ0n) is 16.9. The number of nitrogens with zero attached hydrogens (tertiary/aromatic N) is 1. The summed E-state index contributed by atoms with van der Waals surface area (Å²) in [4.78, 5) is 27.0. The molecule has 1 heterocycles. The topological polar surface area (TPSA) is 71.8 Å². The molecule has 0 fully saturated rings. The average Bonchev–Trinajstić information content (AvgIpc) is 3.29. The van der Waals surface area contributed by atoms with Crippen molar-refractivity contribution in [2.75, 3.05) is 6.61 Å². The number of benzene rings is 2. The third-order valence-electron chi connectivity index (χ3n) is 4.64. The molecular weight excluding hydrogens is 423 g/mol. The van der Waals surface area contributed by atoms with E-state index in [-0.39, 0.29) is 31.4 Å². The van der Waals surface area contributed by atoms with E-state index in [4.69, 9.17) is 20.8 Å². The summed E-state index contributed by atoms with van der Waals surface area (Å²) in [6.45, 7) is 1.63. The summed E-state index contributed by atoms with van der Waals surface area (Å²) in [7, 11) is 0. The predicted octanol–water partition coefficient (Wildman–Crippen LogP) is 4.18. The number of ether oxygens (including phenoxy) is 1. The molecule has 8 heteroatoms. The number of halogens is 2. The van der Waals surface area contributed by atoms with Crippen LogP contribution < -0.4 is 10.1 Å². The van der Waals surface area contributed by atoms with E-state index in [1.807, 2.05) is 0 Å². The second-order valence-electron chi connectivity index (χ2n) is 6.84. The Morgan fingerprint density at radius 2 is 1.87 bits per heavy atom. The van der Waals surface area contributed by atoms with Crippen molar-refractivity contribution in [3.63, 3.8) is 0 Å². The van der Waals surface area contributed by atoms with Crippen LogP contribution in [0.1, 0.15) is 18.2 Å². The van der Waals surface area contributed by atoms with Gasteiger partial charge in [-0.3, -0.25) is 9.59 Å². The van der Waals surface area contributed by atoms with Gasteiger partial charge in [-0.15, -0.1) is 0 Å². The minimum atomic E-state index is -0.803. The molecule has 0 aliphatic carbocycles. The number of carbonyl (C=O) groups excluding carboxylic acids is 2. The van der Waals surface area contributed by atoms with E-state index >= 15 is 0 Å². The molecule has 2 aromatic carbocycles. The first-order valence-corrected chi connectivity index (χ1v) is 10.0. The fourth-order valence-electron chi connectivity index (χ4n) is 2.89. The molecular formula is C23H22ClFN2O4. The van der Waals surface area contributed by atoms with Gasteiger partial charge >= 0.3 is 0 Å². The highest BCUT2D eigenvalue weighted by molar-refractivity contribution is 6.32. The minimum absolute atomic E-state index is 0.111. The molecule has 3 rings (SSSR count). The second kappa shape index (κ2) is 10.6. The Morgan fingerprint density at radius 1 is 1.13 bits per heavy atom. The van der Waals surface area contributed by atoms with E-state index in [2.05, 4.69) is 5.32 Å². The molecule has 1 N–H and O–H groups in total. The molecule has 0 spiro atoms. The van der Waals surface area contributed by atoms with Gasteiger partial charge in [-0.1, -0.05) is 35.9 Å². The molecule has 2 amide bonds. The molecule has 0 saturated carbocycles. The molecule has 1 atom stereocenters. The predicted molar refractivity (Wildman–Crippen MR) is 114 cm³/mol. The van der Waals surface area contributed by atoms with Gasteiger partial charge in [0, 0.05) is 6.54 Å². The van der Waals surface area contributed by atoms with Gasteiger partial charge in [-0.25, -0.2) is 4.39 Å². The van der Waals surface area contributed by atoms with E-state index in [1.165, 1.54) is 23.3 Å². The van der Waals surface area contributed by atoms with E-state index < -0.39 is 11.9 Å². The first-order valence-electron chi connectivity index (χ1n) is 9.65. The summed E-state index contributed by atoms with van der Waals surface area (Å²) in [6, 6.07) is 15.2. The lowest BCUT2D eigenvalue weighted by Gasteiger charge is -2.28. The van der Waals surface area contributed by atoms with Crippen LogP contribution in [0.2, 0.25) is 5.02 Å². The summed E-state index contributed by atoms with van der Waals surface area (Å²) in [6.07, 6.45) is 1.52. The number of para-hydroxylation sites is 1. The van der Waals surface area contributed by atoms with Gasteiger partial charge in [0.15, 0.2) is 6.61 Å². The number of hydrogen-bond acceptors (Lipinski definition) is 4. The molecule has 3 aromatic rings. The van der Waals surface area contributed by atoms with Crippen LogP contribution in [0.4, 0.5) is 4.39 Å². The maximum atomic E-state index is 13.3. The highest BCUT2D eigenvalue weighted by Gasteiger charge is 2.26. The molecule has 31 heavy (non-hydrogen) atoms. The van der Waals surface area contributed by atoms with Gasteiger partial charge in [0.25, 0.3) is 5.91 Å². The highest BCUT2D eigenvalue weighted by atomic mass is 35.5. The van der Waals surface area contributed by atoms with Gasteiger partial charge in [0.05, 0.1) is 17.8 Å². The van der Waals surface area contributed by atoms with E-state index in [0.29, 0.717) is 22.1 Å². The Balaban J connectivity index is 1.70. The summed E-state index contributed by atoms with van der Waals surface area (Å²) in [5.41, 5.74) is 0.679. The number of rotatable bonds is 9. The van der Waals surface area contributed by atoms with Crippen LogP contribution in [0.5, 0.6) is 5.75 Å². The summed E-state index contributed by atoms with van der Waals surface area (Å²) >= 11 is 6.08. The number of furan rings is 1. The minimum Gasteiger partial charge on any atom is -0.482 e. The first kappa shape index (κ1) is 22.4. The van der Waals surface area contributed by atoms with Crippen molar-refractivity contribution in [1.82, 2.24) is 10.2 Å². The molecule has 162 valence electrons. The monoisotopic (exact) mass is 444 g/mol. The van der Waals surface area contributed by atoms with Crippen LogP contribution in [0.25, 0.3) is 0 Å². The zero-order valence-corrected chi connectivity index (χ0v) is 17.6. The summed E-state index contributed by atoms with van der Waals surface area (Å²) in [5, 5.41) is 3.13. The number of nitrogens with one attached hydrogen (secondary N) is 1. The highest BCUT2D eigenvalue weighted by Crippen LogP contribution is 2.23. The van der Waals surface area contributed by atoms with Crippen molar-refractivity contribution in [3.8, 4) is 5.75 Å². The fourth-order valence-corrected chi connectivity index (χ4v) is 3.08. The second-order valence-corrected chi connectivity index (χ2v) is 7.25. The van der Waals surface area contributed by atoms with Gasteiger partial charge in [0.2, 0.25) is 5.91 Å². The lowest BCUT2D eigenvalue weighted by atomic mass is 10.1. The lowest BCUT2D eigenvalue weighted by Crippen LogP contribution is -2.48. The number of carbonyl (C=O) groups is 2. The lowest BCUT2D eigenvalue weighted by molar-refractivity contribution is -0.142. The molecule has 6 nitrogen and oxygen atoms in total. The summed E-state index contributed by atoms with van der Waals surface area (Å²) < 4.78 is 24.0. The van der Waals surface area contributed by atoms with Crippen LogP contribution in [-0.4, -0.2) is 29.4 Å². The van der Waals surface area contributed by atoms with Crippen molar-refractivity contribution in [2.24, 2.45) is 0 Å². The van der Waals surface area contributed by atoms with Gasteiger partial charge < -0.3 is 19.4 Å². The molecule has 0 saturated heterocycles. The standard InChI is InChI=1S/C23H22ClFN2O4/c1-16(23(29)26-13-19-5-4-12-30-19)27(14-17-8-10-18(25)11-9-17)22(28)15-31-21-7-3-2-6-20(21)24/h2-12,16H,13-15H2,1H3,(H,26,29). The summed E-state index contributed by atoms with van der Waals surface area (Å²) in [5.74, 6) is -0.185. The molecule has 0 radical (unpaired) electrons. The van der Waals surface area contributed by atoms with E-state index in [1.54, 1.807) is 55.5 Å². The molecule has 1 aromatic heterocycles. The Kier molecular flexibility index (Phi) is 7.67. The zero-order chi connectivity index (χ0) is 22.2. The van der Waals surface area contributed by atoms with Crippen LogP contribution >= 0.6 is 11.6 Å². The third kappa shape index (κ3) is 6.33. The third-order valence-corrected chi connectivity index (χ3v) is 4.95. The Morgan fingerprint density at radius 3 is 2.55 bits per heavy atom. The van der Waals surface area contributed by atoms with Crippen LogP contribution in [0.3, 0.4) is 0 Å². The van der Waals surface area contributed by atoms with E-state index in [9.17, 15) is 14.0 Å². The Labute approximate surface area is 184 Å². The molecule has 0 aliphatic rings. The van der Waals surface area contributed by atoms with Crippen molar-refractivity contribution >= 4 is 23.4 Å². The number of hydrogen-bond donors (Lipinski definition) is 1. The molecule has 0 bridgehead atoms. The quantitative estimate of drug-likeness (QED) is 0.537. The van der Waals surface area contributed by atoms with Crippen LogP contribution in [0, 0.1) is 5.82 Å². The maximum Gasteiger partial charge on any atom is 0.261 e. The number of amides is 2. The van der Waals surface area contributed by atoms with Crippen molar-refractivity contribution in [1.29, 1.82) is 0 Å². The van der Waals surface area contributed by atoms with Crippen LogP contribution in [-0.2, 0) is 22.7 Å². The van der Waals surface area contributed by atoms with Crippen molar-refractivity contribution < 1.29 is 23.1 Å². The maximum absolute atomic E-state index is 13.3. The van der Waals surface area contributed by atoms with Crippen molar-refractivity contribution in [2.45, 2.75) is 26.1 Å². The molecule has 1 unspecified atom stereocenters. The van der Waals surface area contributed by atoms with E-state index in [0.717, 1.165) is 0 Å². The van der Waals surface area contributed by atoms with Gasteiger partial charge in [0.1, 0.15) is 23.4 Å². The fraction of sp³-hybridized carbons (Fsp3) is 0.217. The van der Waals surface area contributed by atoms with Crippen molar-refractivity contribution in [3.05, 3.63) is 89.1 Å². The SMILES string of the molecule is CC(C(=O)NCc1ccco1)N(Cc1ccc(F)cc1)C(=O)COc1ccccc1Cl. The van der Waals surface area contributed by atoms with Crippen LogP contribution in [0.15, 0.2) is 71.3 Å². The Hall–Kier alpha value is -3.32. The average molecular weight is 445 g/mol. The largest absolute Gasteiger partial charge is 0.482 e. The van der Waals surface area contributed by atoms with Gasteiger partial charge in [-0.05, 0) is 48.9 Å².